The lowest BCUT2D eigenvalue weighted by atomic mass is 10.0. The third-order valence-corrected chi connectivity index (χ3v) is 4.84. The summed E-state index contributed by atoms with van der Waals surface area (Å²) in [6.07, 6.45) is 1.35. The summed E-state index contributed by atoms with van der Waals surface area (Å²) >= 11 is 0. The summed E-state index contributed by atoms with van der Waals surface area (Å²) < 4.78 is 14.0. The maximum absolute atomic E-state index is 12.6. The van der Waals surface area contributed by atoms with E-state index in [1.165, 1.54) is 4.57 Å². The topological polar surface area (TPSA) is 87.7 Å². The Morgan fingerprint density at radius 3 is 2.85 bits per heavy atom. The number of rotatable bonds is 3. The second-order valence-corrected chi connectivity index (χ2v) is 6.63. The summed E-state index contributed by atoms with van der Waals surface area (Å²) in [6, 6.07) is 5.64. The van der Waals surface area contributed by atoms with E-state index in [0.717, 1.165) is 5.56 Å². The lowest BCUT2D eigenvalue weighted by Gasteiger charge is -2.20. The number of esters is 1. The van der Waals surface area contributed by atoms with Gasteiger partial charge in [0.25, 0.3) is 5.56 Å². The summed E-state index contributed by atoms with van der Waals surface area (Å²) in [5.41, 5.74) is 1.57. The lowest BCUT2D eigenvalue weighted by Crippen LogP contribution is -2.25. The van der Waals surface area contributed by atoms with Crippen LogP contribution in [0.5, 0.6) is 0 Å². The van der Waals surface area contributed by atoms with E-state index in [2.05, 4.69) is 10.2 Å². The smallest absolute Gasteiger partial charge is 0.309 e. The first-order chi connectivity index (χ1) is 12.6. The Balaban J connectivity index is 1.71. The number of ether oxygens (including phenoxy) is 2. The molecule has 1 fully saturated rings. The molecule has 1 aliphatic rings. The molecule has 0 aliphatic carbocycles. The van der Waals surface area contributed by atoms with Crippen molar-refractivity contribution < 1.29 is 14.3 Å². The first-order valence-corrected chi connectivity index (χ1v) is 8.64. The minimum Gasteiger partial charge on any atom is -0.457 e. The summed E-state index contributed by atoms with van der Waals surface area (Å²) in [6.45, 7) is 3.11. The number of aromatic nitrogens is 4. The number of carbonyl (C=O) groups excluding carboxylic acids is 1. The average Bonchev–Trinajstić information content (AvgIpc) is 3.09. The van der Waals surface area contributed by atoms with Crippen molar-refractivity contribution in [2.24, 2.45) is 13.0 Å². The normalized spacial score (nSPS) is 15.6. The highest BCUT2D eigenvalue weighted by atomic mass is 16.5. The first-order valence-electron chi connectivity index (χ1n) is 8.64. The maximum atomic E-state index is 12.6. The van der Waals surface area contributed by atoms with Crippen molar-refractivity contribution in [3.05, 3.63) is 39.9 Å². The molecular weight excluding hydrogens is 336 g/mol. The Bertz CT molecular complexity index is 1050. The molecule has 0 atom stereocenters. The lowest BCUT2D eigenvalue weighted by molar-refractivity contribution is -0.153. The van der Waals surface area contributed by atoms with Crippen LogP contribution >= 0.6 is 0 Å². The van der Waals surface area contributed by atoms with Crippen LogP contribution in [0, 0.1) is 12.8 Å². The molecule has 0 N–H and O–H groups in total. The quantitative estimate of drug-likeness (QED) is 0.659. The van der Waals surface area contributed by atoms with E-state index in [9.17, 15) is 9.59 Å². The molecule has 4 rings (SSSR count). The summed E-state index contributed by atoms with van der Waals surface area (Å²) in [7, 11) is 1.66. The molecule has 0 radical (unpaired) electrons. The molecule has 1 saturated heterocycles. The molecule has 0 unspecified atom stereocenters. The van der Waals surface area contributed by atoms with Gasteiger partial charge in [-0.1, -0.05) is 11.6 Å². The van der Waals surface area contributed by atoms with Crippen molar-refractivity contribution in [3.63, 3.8) is 0 Å². The second kappa shape index (κ2) is 6.53. The zero-order chi connectivity index (χ0) is 18.3. The zero-order valence-electron chi connectivity index (χ0n) is 14.8. The van der Waals surface area contributed by atoms with E-state index in [0.29, 0.717) is 48.6 Å². The predicted octanol–water partition coefficient (Wildman–Crippen LogP) is 1.36. The molecule has 8 heteroatoms. The molecule has 0 bridgehead atoms. The van der Waals surface area contributed by atoms with Crippen molar-refractivity contribution in [2.75, 3.05) is 13.2 Å². The van der Waals surface area contributed by atoms with Crippen LogP contribution in [0.25, 0.3) is 16.7 Å². The monoisotopic (exact) mass is 356 g/mol. The summed E-state index contributed by atoms with van der Waals surface area (Å²) in [5.74, 6) is 0.537. The fourth-order valence-electron chi connectivity index (χ4n) is 3.34. The van der Waals surface area contributed by atoms with Gasteiger partial charge in [-0.3, -0.25) is 18.6 Å². The Kier molecular flexibility index (Phi) is 4.20. The summed E-state index contributed by atoms with van der Waals surface area (Å²) in [5, 5.41) is 8.83. The zero-order valence-corrected chi connectivity index (χ0v) is 14.8. The SMILES string of the molecule is Cc1ccc2c(c1)c(=O)n(C)c1nnc(COC(=O)C3CCOCC3)n21. The van der Waals surface area contributed by atoms with Crippen LogP contribution in [0.15, 0.2) is 23.0 Å². The second-order valence-electron chi connectivity index (χ2n) is 6.63. The van der Waals surface area contributed by atoms with Gasteiger partial charge < -0.3 is 9.47 Å². The highest BCUT2D eigenvalue weighted by Crippen LogP contribution is 2.19. The molecule has 26 heavy (non-hydrogen) atoms. The minimum atomic E-state index is -0.241. The van der Waals surface area contributed by atoms with Crippen LogP contribution in [0.3, 0.4) is 0 Å². The standard InChI is InChI=1S/C18H20N4O4/c1-11-3-4-14-13(9-11)16(23)21(2)18-20-19-15(22(14)18)10-26-17(24)12-5-7-25-8-6-12/h3-4,9,12H,5-8,10H2,1-2H3. The fourth-order valence-corrected chi connectivity index (χ4v) is 3.34. The third kappa shape index (κ3) is 2.76. The molecule has 2 aromatic heterocycles. The van der Waals surface area contributed by atoms with Crippen molar-refractivity contribution in [1.82, 2.24) is 19.2 Å². The highest BCUT2D eigenvalue weighted by Gasteiger charge is 2.24. The molecule has 0 amide bonds. The Morgan fingerprint density at radius 2 is 2.08 bits per heavy atom. The number of aryl methyl sites for hydroxylation is 2. The van der Waals surface area contributed by atoms with Gasteiger partial charge in [0.1, 0.15) is 0 Å². The molecule has 0 spiro atoms. The molecule has 1 aromatic carbocycles. The highest BCUT2D eigenvalue weighted by molar-refractivity contribution is 5.81. The van der Waals surface area contributed by atoms with Gasteiger partial charge in [0.05, 0.1) is 16.8 Å². The van der Waals surface area contributed by atoms with Crippen molar-refractivity contribution in [2.45, 2.75) is 26.4 Å². The van der Waals surface area contributed by atoms with Crippen LogP contribution in [-0.2, 0) is 27.9 Å². The van der Waals surface area contributed by atoms with Crippen molar-refractivity contribution in [3.8, 4) is 0 Å². The molecule has 1 aliphatic heterocycles. The van der Waals surface area contributed by atoms with E-state index in [1.807, 2.05) is 25.1 Å². The van der Waals surface area contributed by atoms with Crippen LogP contribution in [-0.4, -0.2) is 38.3 Å². The molecular formula is C18H20N4O4. The van der Waals surface area contributed by atoms with Crippen LogP contribution in [0.2, 0.25) is 0 Å². The van der Waals surface area contributed by atoms with Gasteiger partial charge in [-0.2, -0.15) is 0 Å². The van der Waals surface area contributed by atoms with Crippen molar-refractivity contribution in [1.29, 1.82) is 0 Å². The number of nitrogens with zero attached hydrogens (tertiary/aromatic N) is 4. The summed E-state index contributed by atoms with van der Waals surface area (Å²) in [4.78, 5) is 24.8. The molecule has 8 nitrogen and oxygen atoms in total. The van der Waals surface area contributed by atoms with Gasteiger partial charge in [0, 0.05) is 20.3 Å². The van der Waals surface area contributed by atoms with E-state index < -0.39 is 0 Å². The van der Waals surface area contributed by atoms with Gasteiger partial charge >= 0.3 is 5.97 Å². The van der Waals surface area contributed by atoms with Crippen LogP contribution in [0.4, 0.5) is 0 Å². The van der Waals surface area contributed by atoms with E-state index in [4.69, 9.17) is 9.47 Å². The number of carbonyl (C=O) groups is 1. The van der Waals surface area contributed by atoms with Gasteiger partial charge in [-0.05, 0) is 31.9 Å². The van der Waals surface area contributed by atoms with E-state index in [-0.39, 0.29) is 24.1 Å². The first kappa shape index (κ1) is 16.7. The maximum Gasteiger partial charge on any atom is 0.309 e. The molecule has 3 aromatic rings. The number of fused-ring (bicyclic) bond motifs is 3. The van der Waals surface area contributed by atoms with Gasteiger partial charge in [-0.15, -0.1) is 10.2 Å². The Hall–Kier alpha value is -2.74. The fraction of sp³-hybridized carbons (Fsp3) is 0.444. The van der Waals surface area contributed by atoms with Gasteiger partial charge in [0.2, 0.25) is 5.78 Å². The van der Waals surface area contributed by atoms with Crippen LogP contribution in [0.1, 0.15) is 24.2 Å². The van der Waals surface area contributed by atoms with E-state index >= 15 is 0 Å². The Labute approximate surface area is 149 Å². The minimum absolute atomic E-state index is 0.0124. The Morgan fingerprint density at radius 1 is 1.31 bits per heavy atom. The number of benzene rings is 1. The predicted molar refractivity (Wildman–Crippen MR) is 93.8 cm³/mol. The number of hydrogen-bond donors (Lipinski definition) is 0. The molecule has 136 valence electrons. The van der Waals surface area contributed by atoms with Crippen molar-refractivity contribution >= 4 is 22.6 Å². The number of hydrogen-bond acceptors (Lipinski definition) is 6. The van der Waals surface area contributed by atoms with Gasteiger partial charge in [0.15, 0.2) is 12.4 Å². The third-order valence-electron chi connectivity index (χ3n) is 4.84. The molecule has 3 heterocycles. The largest absolute Gasteiger partial charge is 0.457 e. The van der Waals surface area contributed by atoms with E-state index in [1.54, 1.807) is 11.4 Å². The van der Waals surface area contributed by atoms with Gasteiger partial charge in [-0.25, -0.2) is 0 Å². The van der Waals surface area contributed by atoms with Crippen LogP contribution < -0.4 is 5.56 Å². The average molecular weight is 356 g/mol. The molecule has 0 saturated carbocycles.